The third-order valence-electron chi connectivity index (χ3n) is 5.69. The fraction of sp³-hybridized carbons (Fsp3) is 0.435. The largest absolute Gasteiger partial charge is 0.465 e. The molecule has 0 saturated carbocycles. The summed E-state index contributed by atoms with van der Waals surface area (Å²) in [4.78, 5) is 15.4. The molecule has 1 aliphatic heterocycles. The van der Waals surface area contributed by atoms with Crippen LogP contribution in [0.15, 0.2) is 65.6 Å². The number of hydrogen-bond acceptors (Lipinski definition) is 5. The lowest BCUT2D eigenvalue weighted by atomic mass is 9.72. The van der Waals surface area contributed by atoms with Crippen molar-refractivity contribution in [3.8, 4) is 0 Å². The van der Waals surface area contributed by atoms with Crippen LogP contribution in [-0.4, -0.2) is 51.3 Å². The van der Waals surface area contributed by atoms with Crippen LogP contribution >= 0.6 is 0 Å². The Balaban J connectivity index is 1.59. The van der Waals surface area contributed by atoms with Crippen molar-refractivity contribution in [3.05, 3.63) is 66.2 Å². The van der Waals surface area contributed by atoms with Gasteiger partial charge in [-0.2, -0.15) is 0 Å². The minimum atomic E-state index is -3.25. The Hall–Kier alpha value is -2.18. The summed E-state index contributed by atoms with van der Waals surface area (Å²) in [6.07, 6.45) is 1.94. The van der Waals surface area contributed by atoms with E-state index in [2.05, 4.69) is 4.90 Å². The molecule has 0 amide bonds. The van der Waals surface area contributed by atoms with Gasteiger partial charge in [-0.15, -0.1) is 0 Å². The molecule has 0 aliphatic carbocycles. The van der Waals surface area contributed by atoms with Crippen LogP contribution in [0.3, 0.4) is 0 Å². The van der Waals surface area contributed by atoms with Crippen LogP contribution < -0.4 is 0 Å². The number of ether oxygens (including phenoxy) is 1. The minimum Gasteiger partial charge on any atom is -0.465 e. The molecule has 6 heteroatoms. The number of carbonyl (C=O) groups excluding carboxylic acids is 1. The summed E-state index contributed by atoms with van der Waals surface area (Å²) in [6.45, 7) is 4.41. The van der Waals surface area contributed by atoms with Gasteiger partial charge >= 0.3 is 5.97 Å². The molecule has 29 heavy (non-hydrogen) atoms. The molecule has 1 fully saturated rings. The number of benzene rings is 2. The third-order valence-corrected chi connectivity index (χ3v) is 7.51. The maximum atomic E-state index is 12.8. The van der Waals surface area contributed by atoms with Crippen molar-refractivity contribution in [1.29, 1.82) is 0 Å². The van der Waals surface area contributed by atoms with E-state index < -0.39 is 15.3 Å². The molecule has 156 valence electrons. The first-order chi connectivity index (χ1) is 14.0. The van der Waals surface area contributed by atoms with E-state index >= 15 is 0 Å². The maximum absolute atomic E-state index is 12.8. The van der Waals surface area contributed by atoms with Gasteiger partial charge in [0.25, 0.3) is 0 Å². The number of esters is 1. The Morgan fingerprint density at radius 1 is 1.00 bits per heavy atom. The molecule has 2 aromatic rings. The second kappa shape index (κ2) is 9.55. The van der Waals surface area contributed by atoms with Crippen molar-refractivity contribution in [2.45, 2.75) is 36.5 Å². The van der Waals surface area contributed by atoms with Gasteiger partial charge in [-0.25, -0.2) is 8.42 Å². The van der Waals surface area contributed by atoms with Crippen LogP contribution in [0.4, 0.5) is 0 Å². The number of piperidine rings is 1. The molecule has 0 aromatic heterocycles. The number of likely N-dealkylation sites (tertiary alicyclic amines) is 1. The van der Waals surface area contributed by atoms with Gasteiger partial charge in [0, 0.05) is 0 Å². The average Bonchev–Trinajstić information content (AvgIpc) is 2.75. The van der Waals surface area contributed by atoms with Crippen LogP contribution in [-0.2, 0) is 24.8 Å². The molecular formula is C23H29NO4S. The number of hydrogen-bond donors (Lipinski definition) is 0. The number of carbonyl (C=O) groups is 1. The summed E-state index contributed by atoms with van der Waals surface area (Å²) < 4.78 is 30.3. The zero-order chi connectivity index (χ0) is 20.7. The van der Waals surface area contributed by atoms with E-state index in [1.54, 1.807) is 24.3 Å². The highest BCUT2D eigenvalue weighted by atomic mass is 32.2. The van der Waals surface area contributed by atoms with Gasteiger partial charge in [-0.3, -0.25) is 4.79 Å². The topological polar surface area (TPSA) is 63.7 Å². The van der Waals surface area contributed by atoms with Gasteiger partial charge in [-0.05, 0) is 63.5 Å². The van der Waals surface area contributed by atoms with Crippen molar-refractivity contribution in [2.75, 3.05) is 32.0 Å². The SMILES string of the molecule is CCOC(=O)C1(c2ccccc2)CCN(CCCS(=O)(=O)c2ccccc2)CC1. The highest BCUT2D eigenvalue weighted by Crippen LogP contribution is 2.37. The zero-order valence-corrected chi connectivity index (χ0v) is 17.7. The lowest BCUT2D eigenvalue weighted by Crippen LogP contribution is -2.48. The summed E-state index contributed by atoms with van der Waals surface area (Å²) in [7, 11) is -3.25. The van der Waals surface area contributed by atoms with Crippen LogP contribution in [0.1, 0.15) is 31.7 Å². The molecule has 0 atom stereocenters. The smallest absolute Gasteiger partial charge is 0.316 e. The zero-order valence-electron chi connectivity index (χ0n) is 16.9. The van der Waals surface area contributed by atoms with E-state index in [1.165, 1.54) is 0 Å². The fourth-order valence-electron chi connectivity index (χ4n) is 4.02. The van der Waals surface area contributed by atoms with E-state index in [0.717, 1.165) is 18.7 Å². The van der Waals surface area contributed by atoms with Crippen molar-refractivity contribution in [3.63, 3.8) is 0 Å². The molecule has 1 saturated heterocycles. The molecule has 5 nitrogen and oxygen atoms in total. The van der Waals surface area contributed by atoms with Gasteiger partial charge in [0.15, 0.2) is 9.84 Å². The minimum absolute atomic E-state index is 0.134. The fourth-order valence-corrected chi connectivity index (χ4v) is 5.34. The summed E-state index contributed by atoms with van der Waals surface area (Å²) >= 11 is 0. The summed E-state index contributed by atoms with van der Waals surface area (Å²) in [5.74, 6) is -0.0209. The highest BCUT2D eigenvalue weighted by molar-refractivity contribution is 7.91. The van der Waals surface area contributed by atoms with Crippen molar-refractivity contribution in [1.82, 2.24) is 4.90 Å². The molecule has 2 aromatic carbocycles. The average molecular weight is 416 g/mol. The highest BCUT2D eigenvalue weighted by Gasteiger charge is 2.44. The van der Waals surface area contributed by atoms with Crippen molar-refractivity contribution in [2.24, 2.45) is 0 Å². The first-order valence-corrected chi connectivity index (χ1v) is 11.9. The van der Waals surface area contributed by atoms with Gasteiger partial charge in [0.05, 0.1) is 22.7 Å². The Morgan fingerprint density at radius 2 is 1.59 bits per heavy atom. The van der Waals surface area contributed by atoms with Gasteiger partial charge < -0.3 is 9.64 Å². The molecule has 0 unspecified atom stereocenters. The maximum Gasteiger partial charge on any atom is 0.316 e. The molecule has 0 bridgehead atoms. The van der Waals surface area contributed by atoms with E-state index in [4.69, 9.17) is 4.74 Å². The lowest BCUT2D eigenvalue weighted by Gasteiger charge is -2.40. The Kier molecular flexibility index (Phi) is 7.09. The van der Waals surface area contributed by atoms with Gasteiger partial charge in [0.2, 0.25) is 0 Å². The van der Waals surface area contributed by atoms with E-state index in [9.17, 15) is 13.2 Å². The molecule has 0 N–H and O–H groups in total. The van der Waals surface area contributed by atoms with Crippen LogP contribution in [0, 0.1) is 0 Å². The third kappa shape index (κ3) is 5.06. The first-order valence-electron chi connectivity index (χ1n) is 10.2. The van der Waals surface area contributed by atoms with Crippen LogP contribution in [0.25, 0.3) is 0 Å². The molecule has 0 radical (unpaired) electrons. The quantitative estimate of drug-likeness (QED) is 0.618. The predicted octanol–water partition coefficient (Wildman–Crippen LogP) is 3.45. The summed E-state index contributed by atoms with van der Waals surface area (Å²) in [6, 6.07) is 18.5. The Labute approximate surface area is 173 Å². The molecule has 1 aliphatic rings. The Morgan fingerprint density at radius 3 is 2.17 bits per heavy atom. The predicted molar refractivity (Wildman–Crippen MR) is 114 cm³/mol. The standard InChI is InChI=1S/C23H29NO4S/c1-2-28-22(25)23(20-10-5-3-6-11-20)14-17-24(18-15-23)16-9-19-29(26,27)21-12-7-4-8-13-21/h3-8,10-13H,2,9,14-19H2,1H3. The van der Waals surface area contributed by atoms with Gasteiger partial charge in [-0.1, -0.05) is 48.5 Å². The number of sulfone groups is 1. The first kappa shape index (κ1) is 21.5. The van der Waals surface area contributed by atoms with E-state index in [1.807, 2.05) is 43.3 Å². The van der Waals surface area contributed by atoms with E-state index in [0.29, 0.717) is 37.3 Å². The normalized spacial score (nSPS) is 17.0. The molecule has 1 heterocycles. The molecule has 3 rings (SSSR count). The Bertz CT molecular complexity index is 889. The van der Waals surface area contributed by atoms with Crippen molar-refractivity contribution >= 4 is 15.8 Å². The molecular weight excluding hydrogens is 386 g/mol. The summed E-state index contributed by atoms with van der Waals surface area (Å²) in [5, 5.41) is 0. The van der Waals surface area contributed by atoms with Crippen molar-refractivity contribution < 1.29 is 17.9 Å². The molecule has 0 spiro atoms. The van der Waals surface area contributed by atoms with Crippen LogP contribution in [0.2, 0.25) is 0 Å². The lowest BCUT2D eigenvalue weighted by molar-refractivity contribution is -0.152. The summed E-state index contributed by atoms with van der Waals surface area (Å²) in [5.41, 5.74) is 0.397. The van der Waals surface area contributed by atoms with Crippen LogP contribution in [0.5, 0.6) is 0 Å². The number of nitrogens with zero attached hydrogens (tertiary/aromatic N) is 1. The second-order valence-corrected chi connectivity index (χ2v) is 9.60. The second-order valence-electron chi connectivity index (χ2n) is 7.50. The number of rotatable bonds is 8. The monoisotopic (exact) mass is 415 g/mol. The van der Waals surface area contributed by atoms with E-state index in [-0.39, 0.29) is 11.7 Å². The van der Waals surface area contributed by atoms with Gasteiger partial charge in [0.1, 0.15) is 0 Å².